The van der Waals surface area contributed by atoms with E-state index in [1.54, 1.807) is 0 Å². The molecule has 21 heavy (non-hydrogen) atoms. The van der Waals surface area contributed by atoms with Crippen molar-refractivity contribution in [3.63, 3.8) is 0 Å². The molecule has 0 spiro atoms. The van der Waals surface area contributed by atoms with Crippen LogP contribution in [0.2, 0.25) is 0 Å². The van der Waals surface area contributed by atoms with Gasteiger partial charge in [-0.3, -0.25) is 14.9 Å². The molecule has 9 heteroatoms. The van der Waals surface area contributed by atoms with E-state index in [-0.39, 0.29) is 16.8 Å². The zero-order chi connectivity index (χ0) is 15.3. The number of nitrogens with zero attached hydrogens (tertiary/aromatic N) is 2. The van der Waals surface area contributed by atoms with Gasteiger partial charge in [-0.2, -0.15) is 8.78 Å². The van der Waals surface area contributed by atoms with Crippen LogP contribution in [0.5, 0.6) is 0 Å². The molecule has 1 aliphatic carbocycles. The van der Waals surface area contributed by atoms with Crippen molar-refractivity contribution >= 4 is 16.8 Å². The molecule has 0 fully saturated rings. The van der Waals surface area contributed by atoms with Crippen LogP contribution in [0.15, 0.2) is 27.4 Å². The molecule has 0 aromatic heterocycles. The Kier molecular flexibility index (Phi) is 2.65. The Hall–Kier alpha value is -2.97. The summed E-state index contributed by atoms with van der Waals surface area (Å²) in [7, 11) is 0. The number of nitro groups is 1. The Morgan fingerprint density at radius 3 is 2.52 bits per heavy atom. The van der Waals surface area contributed by atoms with Crippen molar-refractivity contribution in [1.29, 1.82) is 0 Å². The maximum Gasteiger partial charge on any atom is 0.271 e. The molecule has 6 nitrogen and oxygen atoms in total. The highest BCUT2D eigenvalue weighted by Gasteiger charge is 2.27. The van der Waals surface area contributed by atoms with Crippen LogP contribution >= 0.6 is 0 Å². The summed E-state index contributed by atoms with van der Waals surface area (Å²) >= 11 is 0. The standard InChI is InChI=1S/C12H3F3N2O4/c13-7-8(14)11(18)9(15)12-10(7)16-5-3-4(17(19)20)1-2-6(5)21-12/h1-3H. The van der Waals surface area contributed by atoms with Crippen LogP contribution in [0.25, 0.3) is 22.6 Å². The van der Waals surface area contributed by atoms with Gasteiger partial charge in [-0.1, -0.05) is 0 Å². The Morgan fingerprint density at radius 2 is 1.86 bits per heavy atom. The summed E-state index contributed by atoms with van der Waals surface area (Å²) < 4.78 is 45.4. The van der Waals surface area contributed by atoms with Crippen LogP contribution in [0.3, 0.4) is 0 Å². The minimum atomic E-state index is -1.92. The summed E-state index contributed by atoms with van der Waals surface area (Å²) in [6.07, 6.45) is 0. The number of nitro benzene ring substituents is 1. The highest BCUT2D eigenvalue weighted by molar-refractivity contribution is 5.78. The van der Waals surface area contributed by atoms with E-state index in [0.717, 1.165) is 18.2 Å². The molecule has 0 unspecified atom stereocenters. The maximum atomic E-state index is 13.6. The second-order valence-corrected chi connectivity index (χ2v) is 4.07. The first kappa shape index (κ1) is 13.0. The predicted octanol–water partition coefficient (Wildman–Crippen LogP) is 2.62. The van der Waals surface area contributed by atoms with Crippen molar-refractivity contribution in [2.24, 2.45) is 0 Å². The molecule has 0 atom stereocenters. The minimum Gasteiger partial charge on any atom is -0.449 e. The zero-order valence-electron chi connectivity index (χ0n) is 9.89. The van der Waals surface area contributed by atoms with Crippen LogP contribution in [-0.2, 0) is 0 Å². The highest BCUT2D eigenvalue weighted by Crippen LogP contribution is 2.30. The van der Waals surface area contributed by atoms with E-state index in [0.29, 0.717) is 0 Å². The first-order valence-electron chi connectivity index (χ1n) is 5.45. The molecule has 2 aliphatic rings. The number of rotatable bonds is 1. The lowest BCUT2D eigenvalue weighted by Gasteiger charge is -2.08. The molecular weight excluding hydrogens is 293 g/mol. The average Bonchev–Trinajstić information content (AvgIpc) is 2.48. The minimum absolute atomic E-state index is 0.114. The van der Waals surface area contributed by atoms with Crippen molar-refractivity contribution in [2.45, 2.75) is 0 Å². The molecule has 106 valence electrons. The summed E-state index contributed by atoms with van der Waals surface area (Å²) in [6.45, 7) is 0. The zero-order valence-corrected chi connectivity index (χ0v) is 9.89. The summed E-state index contributed by atoms with van der Waals surface area (Å²) in [4.78, 5) is 24.6. The number of hydrogen-bond acceptors (Lipinski definition) is 5. The second-order valence-electron chi connectivity index (χ2n) is 4.07. The topological polar surface area (TPSA) is 86.2 Å². The normalized spacial score (nSPS) is 11.2. The third kappa shape index (κ3) is 1.82. The van der Waals surface area contributed by atoms with Crippen molar-refractivity contribution in [1.82, 2.24) is 4.98 Å². The predicted molar refractivity (Wildman–Crippen MR) is 63.4 cm³/mol. The van der Waals surface area contributed by atoms with Crippen LogP contribution in [-0.4, -0.2) is 9.91 Å². The van der Waals surface area contributed by atoms with E-state index in [1.807, 2.05) is 0 Å². The monoisotopic (exact) mass is 296 g/mol. The molecule has 0 saturated heterocycles. The molecule has 1 aromatic carbocycles. The molecule has 0 bridgehead atoms. The smallest absolute Gasteiger partial charge is 0.271 e. The Bertz CT molecular complexity index is 938. The van der Waals surface area contributed by atoms with E-state index < -0.39 is 39.3 Å². The number of hydrogen-bond donors (Lipinski definition) is 0. The molecule has 3 rings (SSSR count). The van der Waals surface area contributed by atoms with Crippen LogP contribution in [0.4, 0.5) is 18.9 Å². The second kappa shape index (κ2) is 4.27. The van der Waals surface area contributed by atoms with Gasteiger partial charge in [-0.05, 0) is 6.07 Å². The van der Waals surface area contributed by atoms with Crippen molar-refractivity contribution in [2.75, 3.05) is 0 Å². The number of aromatic nitrogens is 1. The SMILES string of the molecule is O=c1c(F)c2oc3ccc([N+](=O)[O-])cc3nc-2c(F)c1F. The molecule has 1 aliphatic heterocycles. The van der Waals surface area contributed by atoms with Crippen LogP contribution in [0.1, 0.15) is 0 Å². The Balaban J connectivity index is 2.47. The Morgan fingerprint density at radius 1 is 1.14 bits per heavy atom. The highest BCUT2D eigenvalue weighted by atomic mass is 19.2. The maximum absolute atomic E-state index is 13.6. The van der Waals surface area contributed by atoms with Gasteiger partial charge in [-0.25, -0.2) is 9.37 Å². The first-order chi connectivity index (χ1) is 9.90. The summed E-state index contributed by atoms with van der Waals surface area (Å²) in [5, 5.41) is 10.6. The fourth-order valence-corrected chi connectivity index (χ4v) is 1.82. The fourth-order valence-electron chi connectivity index (χ4n) is 1.82. The molecular formula is C12H3F3N2O4. The lowest BCUT2D eigenvalue weighted by atomic mass is 10.2. The molecule has 1 aromatic rings. The van der Waals surface area contributed by atoms with Crippen LogP contribution < -0.4 is 5.43 Å². The van der Waals surface area contributed by atoms with Crippen molar-refractivity contribution < 1.29 is 22.5 Å². The van der Waals surface area contributed by atoms with Gasteiger partial charge < -0.3 is 4.42 Å². The largest absolute Gasteiger partial charge is 0.449 e. The summed E-state index contributed by atoms with van der Waals surface area (Å²) in [6, 6.07) is 3.14. The van der Waals surface area contributed by atoms with E-state index in [4.69, 9.17) is 4.42 Å². The van der Waals surface area contributed by atoms with E-state index >= 15 is 0 Å². The number of fused-ring (bicyclic) bond motifs is 2. The third-order valence-corrected chi connectivity index (χ3v) is 2.81. The third-order valence-electron chi connectivity index (χ3n) is 2.81. The fraction of sp³-hybridized carbons (Fsp3) is 0. The average molecular weight is 296 g/mol. The van der Waals surface area contributed by atoms with Gasteiger partial charge in [-0.15, -0.1) is 0 Å². The van der Waals surface area contributed by atoms with Crippen LogP contribution in [0, 0.1) is 27.6 Å². The van der Waals surface area contributed by atoms with E-state index in [9.17, 15) is 28.1 Å². The molecule has 0 radical (unpaired) electrons. The summed E-state index contributed by atoms with van der Waals surface area (Å²) in [5.41, 5.74) is -3.26. The quantitative estimate of drug-likeness (QED) is 0.298. The lowest BCUT2D eigenvalue weighted by molar-refractivity contribution is -0.384. The van der Waals surface area contributed by atoms with Gasteiger partial charge in [0.15, 0.2) is 17.2 Å². The van der Waals surface area contributed by atoms with Crippen molar-refractivity contribution in [3.05, 3.63) is 56.0 Å². The lowest BCUT2D eigenvalue weighted by Crippen LogP contribution is -2.17. The molecule has 0 amide bonds. The number of non-ortho nitro benzene ring substituents is 1. The van der Waals surface area contributed by atoms with Gasteiger partial charge >= 0.3 is 0 Å². The van der Waals surface area contributed by atoms with Gasteiger partial charge in [0.1, 0.15) is 11.2 Å². The molecule has 0 saturated carbocycles. The van der Waals surface area contributed by atoms with E-state index in [2.05, 4.69) is 4.98 Å². The van der Waals surface area contributed by atoms with Gasteiger partial charge in [0.05, 0.1) is 4.92 Å². The number of halogens is 3. The summed E-state index contributed by atoms with van der Waals surface area (Å²) in [5.74, 6) is -6.06. The van der Waals surface area contributed by atoms with Gasteiger partial charge in [0.25, 0.3) is 11.1 Å². The molecule has 1 heterocycles. The van der Waals surface area contributed by atoms with Gasteiger partial charge in [0.2, 0.25) is 11.6 Å². The Labute approximate surface area is 112 Å². The van der Waals surface area contributed by atoms with Gasteiger partial charge in [0, 0.05) is 12.1 Å². The molecule has 0 N–H and O–H groups in total. The first-order valence-corrected chi connectivity index (χ1v) is 5.45. The van der Waals surface area contributed by atoms with Crippen molar-refractivity contribution in [3.8, 4) is 11.5 Å². The number of benzene rings is 2. The van der Waals surface area contributed by atoms with E-state index in [1.165, 1.54) is 0 Å².